The van der Waals surface area contributed by atoms with Crippen LogP contribution >= 0.6 is 0 Å². The summed E-state index contributed by atoms with van der Waals surface area (Å²) in [6.07, 6.45) is 2.95. The number of ether oxygens (including phenoxy) is 1. The Morgan fingerprint density at radius 1 is 1.15 bits per heavy atom. The first-order chi connectivity index (χ1) is 22.0. The zero-order valence-electron chi connectivity index (χ0n) is 26.2. The van der Waals surface area contributed by atoms with Gasteiger partial charge in [-0.05, 0) is 43.8 Å². The van der Waals surface area contributed by atoms with Gasteiger partial charge in [-0.2, -0.15) is 18.2 Å². The van der Waals surface area contributed by atoms with Gasteiger partial charge >= 0.3 is 6.18 Å². The third kappa shape index (κ3) is 7.60. The molecule has 2 aromatic heterocycles. The number of pyridine rings is 1. The Labute approximate surface area is 266 Å². The molecule has 46 heavy (non-hydrogen) atoms. The predicted molar refractivity (Wildman–Crippen MR) is 172 cm³/mol. The van der Waals surface area contributed by atoms with Crippen LogP contribution in [-0.2, 0) is 4.79 Å². The summed E-state index contributed by atoms with van der Waals surface area (Å²) in [5.74, 6) is 0.763. The Morgan fingerprint density at radius 2 is 1.93 bits per heavy atom. The second-order valence-electron chi connectivity index (χ2n) is 11.6. The monoisotopic (exact) mass is 634 g/mol. The average Bonchev–Trinajstić information content (AvgIpc) is 3.03. The summed E-state index contributed by atoms with van der Waals surface area (Å²) in [7, 11) is 5.34. The molecule has 13 heteroatoms. The van der Waals surface area contributed by atoms with Crippen LogP contribution in [0.5, 0.6) is 11.6 Å². The van der Waals surface area contributed by atoms with E-state index in [1.807, 2.05) is 13.1 Å². The minimum atomic E-state index is -4.58. The fourth-order valence-corrected chi connectivity index (χ4v) is 5.60. The zero-order valence-corrected chi connectivity index (χ0v) is 26.2. The zero-order chi connectivity index (χ0) is 32.9. The first kappa shape index (κ1) is 32.8. The van der Waals surface area contributed by atoms with E-state index in [1.54, 1.807) is 76.0 Å². The lowest BCUT2D eigenvalue weighted by molar-refractivity contribution is -0.113. The lowest BCUT2D eigenvalue weighted by Gasteiger charge is -2.42. The molecule has 5 rings (SSSR count). The lowest BCUT2D eigenvalue weighted by Crippen LogP contribution is -2.49. The molecule has 1 aliphatic carbocycles. The normalized spacial score (nSPS) is 19.5. The summed E-state index contributed by atoms with van der Waals surface area (Å²) < 4.78 is 49.2. The number of aromatic nitrogens is 3. The fourth-order valence-electron chi connectivity index (χ4n) is 5.60. The molecule has 1 amide bonds. The minimum Gasteiger partial charge on any atom is -0.438 e. The van der Waals surface area contributed by atoms with Crippen LogP contribution in [0, 0.1) is 5.41 Å². The van der Waals surface area contributed by atoms with E-state index < -0.39 is 23.1 Å². The molecular formula is C33H37F3N8O2. The molecule has 1 fully saturated rings. The molecule has 1 unspecified atom stereocenters. The van der Waals surface area contributed by atoms with Crippen molar-refractivity contribution in [3.63, 3.8) is 0 Å². The number of amides is 1. The van der Waals surface area contributed by atoms with Gasteiger partial charge in [0, 0.05) is 99.3 Å². The standard InChI is InChI=1S/C33H37F3N8O2/c1-32(21-44-15-13-43(4)14-16-44)11-10-22(17-27(32)33(34,35)36)30(45)40-24-8-5-9-25(18-24)46-31-26(20-37-2)29(38-3)41-28(42-31)23-7-6-12-39-19-23/h5-10,12,17-20H,11,13-16,21H2,1-4H3,(H,40,45)(H,38,41,42). The topological polar surface area (TPSA) is 108 Å². The van der Waals surface area contributed by atoms with E-state index in [2.05, 4.69) is 40.4 Å². The second kappa shape index (κ2) is 13.8. The number of nitrogens with one attached hydrogen (secondary N) is 2. The van der Waals surface area contributed by atoms with Crippen molar-refractivity contribution in [2.45, 2.75) is 19.5 Å². The number of hydrogen-bond acceptors (Lipinski definition) is 9. The van der Waals surface area contributed by atoms with E-state index in [9.17, 15) is 18.0 Å². The predicted octanol–water partition coefficient (Wildman–Crippen LogP) is 5.43. The van der Waals surface area contributed by atoms with E-state index in [4.69, 9.17) is 4.74 Å². The quantitative estimate of drug-likeness (QED) is 0.300. The van der Waals surface area contributed by atoms with Crippen molar-refractivity contribution in [3.8, 4) is 23.0 Å². The van der Waals surface area contributed by atoms with Crippen LogP contribution in [0.2, 0.25) is 0 Å². The van der Waals surface area contributed by atoms with Crippen LogP contribution in [-0.4, -0.2) is 96.9 Å². The Balaban J connectivity index is 1.36. The molecule has 1 aromatic carbocycles. The van der Waals surface area contributed by atoms with Crippen molar-refractivity contribution in [2.75, 3.05) is 64.5 Å². The smallest absolute Gasteiger partial charge is 0.413 e. The van der Waals surface area contributed by atoms with Gasteiger partial charge in [0.2, 0.25) is 5.88 Å². The first-order valence-electron chi connectivity index (χ1n) is 14.9. The molecule has 1 atom stereocenters. The van der Waals surface area contributed by atoms with Gasteiger partial charge in [-0.1, -0.05) is 19.1 Å². The molecule has 10 nitrogen and oxygen atoms in total. The molecule has 2 N–H and O–H groups in total. The van der Waals surface area contributed by atoms with Gasteiger partial charge in [0.05, 0.1) is 5.56 Å². The number of benzene rings is 1. The third-order valence-corrected chi connectivity index (χ3v) is 8.09. The largest absolute Gasteiger partial charge is 0.438 e. The van der Waals surface area contributed by atoms with Crippen LogP contribution in [0.3, 0.4) is 0 Å². The first-order valence-corrected chi connectivity index (χ1v) is 14.9. The Kier molecular flexibility index (Phi) is 9.82. The Hall–Kier alpha value is -4.62. The number of anilines is 2. The van der Waals surface area contributed by atoms with Crippen LogP contribution in [0.4, 0.5) is 24.7 Å². The van der Waals surface area contributed by atoms with E-state index in [0.717, 1.165) is 19.2 Å². The van der Waals surface area contributed by atoms with Gasteiger partial charge in [0.25, 0.3) is 5.91 Å². The number of rotatable bonds is 9. The second-order valence-corrected chi connectivity index (χ2v) is 11.6. The highest BCUT2D eigenvalue weighted by atomic mass is 19.4. The highest BCUT2D eigenvalue weighted by molar-refractivity contribution is 6.06. The van der Waals surface area contributed by atoms with Crippen molar-refractivity contribution < 1.29 is 22.7 Å². The third-order valence-electron chi connectivity index (χ3n) is 8.09. The van der Waals surface area contributed by atoms with E-state index in [1.165, 1.54) is 0 Å². The Bertz CT molecular complexity index is 1650. The molecule has 0 radical (unpaired) electrons. The molecule has 1 aliphatic heterocycles. The van der Waals surface area contributed by atoms with Crippen molar-refractivity contribution >= 4 is 23.6 Å². The van der Waals surface area contributed by atoms with Crippen molar-refractivity contribution in [2.24, 2.45) is 10.4 Å². The maximum Gasteiger partial charge on any atom is 0.413 e. The molecule has 1 saturated heterocycles. The number of hydrogen-bond donors (Lipinski definition) is 2. The highest BCUT2D eigenvalue weighted by Crippen LogP contribution is 2.46. The number of carbonyl (C=O) groups excluding carboxylic acids is 1. The molecular weight excluding hydrogens is 597 g/mol. The van der Waals surface area contributed by atoms with Gasteiger partial charge in [-0.15, -0.1) is 0 Å². The number of nitrogens with zero attached hydrogens (tertiary/aromatic N) is 6. The summed E-state index contributed by atoms with van der Waals surface area (Å²) >= 11 is 0. The maximum absolute atomic E-state index is 14.4. The van der Waals surface area contributed by atoms with Crippen molar-refractivity contribution in [1.29, 1.82) is 0 Å². The fraction of sp³-hybridized carbons (Fsp3) is 0.364. The van der Waals surface area contributed by atoms with Crippen LogP contribution in [0.1, 0.15) is 18.9 Å². The van der Waals surface area contributed by atoms with Gasteiger partial charge < -0.3 is 20.3 Å². The van der Waals surface area contributed by atoms with E-state index in [0.29, 0.717) is 47.3 Å². The van der Waals surface area contributed by atoms with Crippen LogP contribution < -0.4 is 15.4 Å². The van der Waals surface area contributed by atoms with Gasteiger partial charge in [0.15, 0.2) is 5.82 Å². The molecule has 2 aliphatic rings. The summed E-state index contributed by atoms with van der Waals surface area (Å²) in [5, 5.41) is 5.77. The molecule has 0 saturated carbocycles. The van der Waals surface area contributed by atoms with Crippen molar-refractivity contribution in [3.05, 3.63) is 77.7 Å². The molecule has 0 bridgehead atoms. The number of likely N-dealkylation sites (N-methyl/N-ethyl adjacent to an activating group) is 1. The average molecular weight is 635 g/mol. The highest BCUT2D eigenvalue weighted by Gasteiger charge is 2.47. The summed E-state index contributed by atoms with van der Waals surface area (Å²) in [4.78, 5) is 34.9. The molecule has 3 heterocycles. The van der Waals surface area contributed by atoms with Crippen LogP contribution in [0.15, 0.2) is 77.1 Å². The van der Waals surface area contributed by atoms with Crippen molar-refractivity contribution in [1.82, 2.24) is 24.8 Å². The number of piperazine rings is 1. The SMILES string of the molecule is CN=Cc1c(NC)nc(-c2cccnc2)nc1Oc1cccc(NC(=O)C2=CCC(C)(CN3CCN(C)CC3)C(C(F)(F)F)=C2)c1. The summed E-state index contributed by atoms with van der Waals surface area (Å²) in [5.41, 5.74) is -0.365. The minimum absolute atomic E-state index is 0.0356. The van der Waals surface area contributed by atoms with E-state index >= 15 is 0 Å². The van der Waals surface area contributed by atoms with Gasteiger partial charge in [-0.3, -0.25) is 19.7 Å². The number of allylic oxidation sites excluding steroid dienone is 1. The number of carbonyl (C=O) groups is 1. The number of alkyl halides is 3. The maximum atomic E-state index is 14.4. The van der Waals surface area contributed by atoms with Gasteiger partial charge in [-0.25, -0.2) is 4.98 Å². The number of aliphatic imine (C=N–C) groups is 1. The van der Waals surface area contributed by atoms with E-state index in [-0.39, 0.29) is 24.4 Å². The summed E-state index contributed by atoms with van der Waals surface area (Å²) in [6.45, 7) is 4.91. The lowest BCUT2D eigenvalue weighted by atomic mass is 9.73. The number of halogens is 3. The Morgan fingerprint density at radius 3 is 2.61 bits per heavy atom. The van der Waals surface area contributed by atoms with Gasteiger partial charge in [0.1, 0.15) is 11.6 Å². The summed E-state index contributed by atoms with van der Waals surface area (Å²) in [6, 6.07) is 10.1. The molecule has 242 valence electrons. The molecule has 0 spiro atoms. The molecule has 3 aromatic rings. The van der Waals surface area contributed by atoms with Crippen LogP contribution in [0.25, 0.3) is 11.4 Å².